The minimum Gasteiger partial charge on any atom is -0.309 e. The van der Waals surface area contributed by atoms with Crippen LogP contribution < -0.4 is 4.90 Å². The molecule has 10 aromatic rings. The first-order valence-electron chi connectivity index (χ1n) is 14.6. The normalized spacial score (nSPS) is 12.1. The van der Waals surface area contributed by atoms with Crippen LogP contribution in [0.2, 0.25) is 0 Å². The fourth-order valence-corrected chi connectivity index (χ4v) is 10.2. The van der Waals surface area contributed by atoms with Crippen LogP contribution >= 0.6 is 34.0 Å². The number of benzene rings is 6. The summed E-state index contributed by atoms with van der Waals surface area (Å²) in [6.45, 7) is 0. The standard InChI is InChI=1S/C39H22N2S3/c1-4-12-31-29(10-1)38-30-11-7-13-32(39(30)44-37(38)22-40-31)41(23-16-18-27-25-8-2-5-14-33(25)42-35(27)20-23)24-17-19-28-26-9-3-6-15-34(26)43-36(28)21-24/h1-22H. The first kappa shape index (κ1) is 24.6. The summed E-state index contributed by atoms with van der Waals surface area (Å²) in [5.74, 6) is 0. The largest absolute Gasteiger partial charge is 0.309 e. The van der Waals surface area contributed by atoms with E-state index in [2.05, 4.69) is 132 Å². The molecule has 4 aromatic heterocycles. The van der Waals surface area contributed by atoms with Gasteiger partial charge in [0.1, 0.15) is 0 Å². The summed E-state index contributed by atoms with van der Waals surface area (Å²) in [6.07, 6.45) is 2.04. The summed E-state index contributed by atoms with van der Waals surface area (Å²) in [4.78, 5) is 7.26. The molecule has 0 N–H and O–H groups in total. The van der Waals surface area contributed by atoms with Gasteiger partial charge in [-0.25, -0.2) is 0 Å². The van der Waals surface area contributed by atoms with Crippen molar-refractivity contribution in [2.45, 2.75) is 0 Å². The van der Waals surface area contributed by atoms with Crippen molar-refractivity contribution in [2.75, 3.05) is 4.90 Å². The van der Waals surface area contributed by atoms with Gasteiger partial charge in [0.15, 0.2) is 0 Å². The molecule has 0 aliphatic heterocycles. The van der Waals surface area contributed by atoms with Gasteiger partial charge in [-0.1, -0.05) is 78.9 Å². The van der Waals surface area contributed by atoms with Gasteiger partial charge >= 0.3 is 0 Å². The molecule has 10 rings (SSSR count). The average molecular weight is 615 g/mol. The van der Waals surface area contributed by atoms with E-state index in [4.69, 9.17) is 4.98 Å². The Morgan fingerprint density at radius 2 is 1.00 bits per heavy atom. The van der Waals surface area contributed by atoms with E-state index >= 15 is 0 Å². The number of rotatable bonds is 3. The molecule has 0 amide bonds. The van der Waals surface area contributed by atoms with Crippen LogP contribution in [0.25, 0.3) is 71.4 Å². The van der Waals surface area contributed by atoms with Crippen LogP contribution in [0.5, 0.6) is 0 Å². The molecule has 0 aliphatic rings. The Balaban J connectivity index is 1.27. The van der Waals surface area contributed by atoms with Crippen molar-refractivity contribution in [3.63, 3.8) is 0 Å². The third-order valence-electron chi connectivity index (χ3n) is 8.70. The summed E-state index contributed by atoms with van der Waals surface area (Å²) in [5, 5.41) is 9.04. The lowest BCUT2D eigenvalue weighted by atomic mass is 10.1. The highest BCUT2D eigenvalue weighted by Gasteiger charge is 2.21. The Bertz CT molecular complexity index is 2630. The maximum atomic E-state index is 4.80. The van der Waals surface area contributed by atoms with Crippen molar-refractivity contribution in [1.82, 2.24) is 4.98 Å². The fraction of sp³-hybridized carbons (Fsp3) is 0. The number of anilines is 3. The van der Waals surface area contributed by atoms with E-state index in [0.29, 0.717) is 0 Å². The molecule has 5 heteroatoms. The quantitative estimate of drug-likeness (QED) is 0.197. The molecule has 0 radical (unpaired) electrons. The third kappa shape index (κ3) is 3.55. The molecule has 0 saturated carbocycles. The van der Waals surface area contributed by atoms with E-state index in [1.54, 1.807) is 0 Å². The SMILES string of the molecule is c1ccc2c(c1)ncc1sc3c(N(c4ccc5c(c4)sc4ccccc45)c4ccc5c(c4)sc4ccccc45)cccc3c12. The van der Waals surface area contributed by atoms with Gasteiger partial charge in [-0.15, -0.1) is 34.0 Å². The Labute approximate surface area is 264 Å². The molecular formula is C39H22N2S3. The molecule has 0 spiro atoms. The number of fused-ring (bicyclic) bond motifs is 11. The zero-order valence-electron chi connectivity index (χ0n) is 23.3. The van der Waals surface area contributed by atoms with Gasteiger partial charge in [0, 0.05) is 74.1 Å². The summed E-state index contributed by atoms with van der Waals surface area (Å²) < 4.78 is 7.73. The fourth-order valence-electron chi connectivity index (χ4n) is 6.73. The summed E-state index contributed by atoms with van der Waals surface area (Å²) in [5.41, 5.74) is 4.55. The second-order valence-electron chi connectivity index (χ2n) is 11.2. The van der Waals surface area contributed by atoms with Crippen LogP contribution in [-0.4, -0.2) is 4.98 Å². The van der Waals surface area contributed by atoms with E-state index in [-0.39, 0.29) is 0 Å². The van der Waals surface area contributed by atoms with Crippen LogP contribution in [-0.2, 0) is 0 Å². The van der Waals surface area contributed by atoms with Gasteiger partial charge in [-0.05, 0) is 48.5 Å². The van der Waals surface area contributed by atoms with Crippen molar-refractivity contribution in [3.05, 3.63) is 134 Å². The molecule has 6 aromatic carbocycles. The Morgan fingerprint density at radius 1 is 0.432 bits per heavy atom. The molecule has 2 nitrogen and oxygen atoms in total. The van der Waals surface area contributed by atoms with Crippen molar-refractivity contribution < 1.29 is 0 Å². The molecular weight excluding hydrogens is 593 g/mol. The molecule has 0 fully saturated rings. The molecule has 0 saturated heterocycles. The van der Waals surface area contributed by atoms with E-state index in [0.717, 1.165) is 16.9 Å². The van der Waals surface area contributed by atoms with Crippen molar-refractivity contribution in [2.24, 2.45) is 0 Å². The minimum absolute atomic E-state index is 1.03. The van der Waals surface area contributed by atoms with Crippen molar-refractivity contribution in [1.29, 1.82) is 0 Å². The second-order valence-corrected chi connectivity index (χ2v) is 14.4. The number of hydrogen-bond donors (Lipinski definition) is 0. The van der Waals surface area contributed by atoms with E-state index in [9.17, 15) is 0 Å². The summed E-state index contributed by atoms with van der Waals surface area (Å²) in [6, 6.07) is 46.6. The van der Waals surface area contributed by atoms with E-state index < -0.39 is 0 Å². The predicted octanol–water partition coefficient (Wildman–Crippen LogP) is 12.8. The lowest BCUT2D eigenvalue weighted by Gasteiger charge is -2.26. The number of thiophene rings is 3. The van der Waals surface area contributed by atoms with Crippen molar-refractivity contribution in [3.8, 4) is 0 Å². The topological polar surface area (TPSA) is 16.1 Å². The maximum Gasteiger partial charge on any atom is 0.0709 e. The number of pyridine rings is 1. The third-order valence-corrected chi connectivity index (χ3v) is 12.1. The first-order chi connectivity index (χ1) is 21.8. The molecule has 0 aliphatic carbocycles. The Morgan fingerprint density at radius 3 is 1.68 bits per heavy atom. The maximum absolute atomic E-state index is 4.80. The van der Waals surface area contributed by atoms with Crippen LogP contribution in [0, 0.1) is 0 Å². The number of aromatic nitrogens is 1. The average Bonchev–Trinajstić information content (AvgIpc) is 3.76. The molecule has 44 heavy (non-hydrogen) atoms. The highest BCUT2D eigenvalue weighted by molar-refractivity contribution is 7.27. The van der Waals surface area contributed by atoms with Crippen LogP contribution in [0.15, 0.2) is 134 Å². The number of hydrogen-bond acceptors (Lipinski definition) is 5. The first-order valence-corrected chi connectivity index (χ1v) is 17.1. The Hall–Kier alpha value is -4.81. The van der Waals surface area contributed by atoms with E-state index in [1.165, 1.54) is 71.6 Å². The van der Waals surface area contributed by atoms with Gasteiger partial charge in [-0.3, -0.25) is 4.98 Å². The highest BCUT2D eigenvalue weighted by Crippen LogP contribution is 2.48. The van der Waals surface area contributed by atoms with Gasteiger partial charge in [0.25, 0.3) is 0 Å². The second kappa shape index (κ2) is 9.34. The zero-order valence-corrected chi connectivity index (χ0v) is 25.8. The molecule has 206 valence electrons. The lowest BCUT2D eigenvalue weighted by Crippen LogP contribution is -2.09. The molecule has 4 heterocycles. The van der Waals surface area contributed by atoms with Gasteiger partial charge < -0.3 is 4.90 Å². The zero-order chi connectivity index (χ0) is 28.8. The van der Waals surface area contributed by atoms with Gasteiger partial charge in [0.05, 0.1) is 20.6 Å². The minimum atomic E-state index is 1.03. The number of nitrogens with zero attached hydrogens (tertiary/aromatic N) is 2. The molecule has 0 bridgehead atoms. The lowest BCUT2D eigenvalue weighted by molar-refractivity contribution is 1.32. The molecule has 0 atom stereocenters. The highest BCUT2D eigenvalue weighted by atomic mass is 32.1. The predicted molar refractivity (Wildman–Crippen MR) is 195 cm³/mol. The monoisotopic (exact) mass is 614 g/mol. The summed E-state index contributed by atoms with van der Waals surface area (Å²) >= 11 is 5.57. The van der Waals surface area contributed by atoms with Crippen molar-refractivity contribution >= 4 is 122 Å². The van der Waals surface area contributed by atoms with Crippen LogP contribution in [0.1, 0.15) is 0 Å². The van der Waals surface area contributed by atoms with E-state index in [1.807, 2.05) is 40.2 Å². The van der Waals surface area contributed by atoms with Gasteiger partial charge in [0.2, 0.25) is 0 Å². The van der Waals surface area contributed by atoms with Gasteiger partial charge in [-0.2, -0.15) is 0 Å². The molecule has 0 unspecified atom stereocenters. The van der Waals surface area contributed by atoms with Crippen LogP contribution in [0.3, 0.4) is 0 Å². The Kier molecular flexibility index (Phi) is 5.23. The smallest absolute Gasteiger partial charge is 0.0709 e. The summed E-state index contributed by atoms with van der Waals surface area (Å²) in [7, 11) is 0. The van der Waals surface area contributed by atoms with Crippen LogP contribution in [0.4, 0.5) is 17.1 Å². The number of para-hydroxylation sites is 1.